The third kappa shape index (κ3) is 7.27. The van der Waals surface area contributed by atoms with Crippen LogP contribution in [0, 0.1) is 10.8 Å². The maximum absolute atomic E-state index is 14.3. The van der Waals surface area contributed by atoms with Crippen LogP contribution in [0.4, 0.5) is 114 Å². The average molecular weight is 862 g/mol. The number of alkyl halides is 26. The summed E-state index contributed by atoms with van der Waals surface area (Å²) < 4.78 is 348. The van der Waals surface area contributed by atoms with Crippen molar-refractivity contribution in [2.24, 2.45) is 10.8 Å². The van der Waals surface area contributed by atoms with Crippen molar-refractivity contribution in [1.29, 1.82) is 0 Å². The summed E-state index contributed by atoms with van der Waals surface area (Å²) in [6.07, 6.45) is -18.4. The van der Waals surface area contributed by atoms with Crippen molar-refractivity contribution in [2.75, 3.05) is 6.54 Å². The summed E-state index contributed by atoms with van der Waals surface area (Å²) in [4.78, 5) is 23.8. The highest BCUT2D eigenvalue weighted by Crippen LogP contribution is 2.62. The summed E-state index contributed by atoms with van der Waals surface area (Å²) in [5, 5.41) is 1.47. The van der Waals surface area contributed by atoms with Gasteiger partial charge in [-0.3, -0.25) is 9.59 Å². The van der Waals surface area contributed by atoms with Gasteiger partial charge in [0.25, 0.3) is 11.8 Å². The van der Waals surface area contributed by atoms with Crippen molar-refractivity contribution in [3.05, 3.63) is 0 Å². The van der Waals surface area contributed by atoms with Gasteiger partial charge in [0.2, 0.25) is 0 Å². The van der Waals surface area contributed by atoms with E-state index in [9.17, 15) is 124 Å². The van der Waals surface area contributed by atoms with Crippen LogP contribution in [0.3, 0.4) is 0 Å². The van der Waals surface area contributed by atoms with E-state index in [2.05, 4.69) is 0 Å². The first-order chi connectivity index (χ1) is 23.0. The van der Waals surface area contributed by atoms with Gasteiger partial charge in [0.15, 0.2) is 0 Å². The van der Waals surface area contributed by atoms with Crippen LogP contribution in [0.25, 0.3) is 0 Å². The summed E-state index contributed by atoms with van der Waals surface area (Å²) in [5.74, 6) is -88.4. The summed E-state index contributed by atoms with van der Waals surface area (Å²) in [5.41, 5.74) is -3.91. The number of hydrogen-bond acceptors (Lipinski definition) is 2. The van der Waals surface area contributed by atoms with Crippen molar-refractivity contribution in [2.45, 2.75) is 118 Å². The van der Waals surface area contributed by atoms with E-state index in [1.165, 1.54) is 0 Å². The fourth-order valence-corrected chi connectivity index (χ4v) is 5.38. The van der Waals surface area contributed by atoms with Crippen molar-refractivity contribution in [1.82, 2.24) is 10.6 Å². The molecule has 2 unspecified atom stereocenters. The predicted octanol–water partition coefficient (Wildman–Crippen LogP) is 9.28. The van der Waals surface area contributed by atoms with E-state index < -0.39 is 126 Å². The summed E-state index contributed by atoms with van der Waals surface area (Å²) >= 11 is 0. The van der Waals surface area contributed by atoms with Crippen molar-refractivity contribution >= 4 is 11.8 Å². The minimum atomic E-state index is -8.40. The SMILES string of the molecule is CC1(C)CC(NC(=O)C(F)(F)C(F)(F)C(F)(F)C(F)(F)C(F)(F)C(F)(F)F)CC(C)(CNC(=O)C(F)(F)C(F)(F)C(F)(F)C(F)(F)C(F)(F)C(F)(F)F)C1. The fourth-order valence-electron chi connectivity index (χ4n) is 5.38. The molecule has 1 saturated carbocycles. The van der Waals surface area contributed by atoms with Gasteiger partial charge < -0.3 is 10.6 Å². The fraction of sp³-hybridized carbons (Fsp3) is 0.917. The van der Waals surface area contributed by atoms with E-state index in [1.54, 1.807) is 0 Å². The molecule has 320 valence electrons. The Morgan fingerprint density at radius 2 is 0.759 bits per heavy atom. The number of carbonyl (C=O) groups excluding carboxylic acids is 2. The molecule has 0 aromatic heterocycles. The van der Waals surface area contributed by atoms with Gasteiger partial charge in [-0.05, 0) is 30.1 Å². The minimum absolute atomic E-state index is 0.650. The first-order valence-corrected chi connectivity index (χ1v) is 13.5. The lowest BCUT2D eigenvalue weighted by Gasteiger charge is -2.47. The third-order valence-corrected chi connectivity index (χ3v) is 7.89. The maximum Gasteiger partial charge on any atom is 0.460 e. The molecule has 0 radical (unpaired) electrons. The highest BCUT2D eigenvalue weighted by atomic mass is 19.4. The molecule has 0 bridgehead atoms. The van der Waals surface area contributed by atoms with Gasteiger partial charge in [-0.15, -0.1) is 0 Å². The third-order valence-electron chi connectivity index (χ3n) is 7.89. The van der Waals surface area contributed by atoms with Gasteiger partial charge >= 0.3 is 71.6 Å². The van der Waals surface area contributed by atoms with E-state index in [-0.39, 0.29) is 0 Å². The van der Waals surface area contributed by atoms with Gasteiger partial charge in [0, 0.05) is 12.6 Å². The minimum Gasteiger partial charge on any atom is -0.350 e. The first-order valence-electron chi connectivity index (χ1n) is 13.5. The van der Waals surface area contributed by atoms with Crippen LogP contribution in [-0.2, 0) is 9.59 Å². The molecule has 0 spiro atoms. The average Bonchev–Trinajstić information content (AvgIpc) is 2.92. The lowest BCUT2D eigenvalue weighted by molar-refractivity contribution is -0.436. The van der Waals surface area contributed by atoms with E-state index in [0.717, 1.165) is 19.2 Å². The van der Waals surface area contributed by atoms with Gasteiger partial charge in [0.1, 0.15) is 0 Å². The Bertz CT molecular complexity index is 1410. The Kier molecular flexibility index (Phi) is 11.9. The standard InChI is InChI=1S/C24H20F26N2O2/c1-11(2)4-8(52-10(54)14(27,28)16(31,32)18(35,36)20(39,40)22(43,44)24(48,49)50)5-12(3,6-11)7-51-9(53)13(25,26)15(29,30)17(33,34)19(37,38)21(41,42)23(45,46)47/h8H,4-7H2,1-3H3,(H,51,53)(H,52,54). The molecule has 30 heteroatoms. The second-order valence-electron chi connectivity index (χ2n) is 13.2. The maximum atomic E-state index is 14.3. The van der Waals surface area contributed by atoms with E-state index in [1.807, 2.05) is 0 Å². The zero-order valence-electron chi connectivity index (χ0n) is 26.0. The normalized spacial score (nSPS) is 22.2. The van der Waals surface area contributed by atoms with Crippen LogP contribution in [0.5, 0.6) is 0 Å². The molecule has 54 heavy (non-hydrogen) atoms. The molecule has 0 aromatic carbocycles. The van der Waals surface area contributed by atoms with Crippen molar-refractivity contribution in [3.8, 4) is 0 Å². The molecule has 0 heterocycles. The molecule has 0 saturated heterocycles. The van der Waals surface area contributed by atoms with Crippen molar-refractivity contribution < 1.29 is 124 Å². The molecule has 4 nitrogen and oxygen atoms in total. The quantitative estimate of drug-likeness (QED) is 0.182. The van der Waals surface area contributed by atoms with Crippen LogP contribution in [0.1, 0.15) is 40.0 Å². The Morgan fingerprint density at radius 3 is 1.07 bits per heavy atom. The Labute approximate surface area is 282 Å². The lowest BCUT2D eigenvalue weighted by Crippen LogP contribution is -2.72. The zero-order valence-corrected chi connectivity index (χ0v) is 26.0. The van der Waals surface area contributed by atoms with E-state index in [4.69, 9.17) is 0 Å². The van der Waals surface area contributed by atoms with E-state index in [0.29, 0.717) is 12.2 Å². The number of amides is 2. The second kappa shape index (κ2) is 13.1. The Morgan fingerprint density at radius 1 is 0.463 bits per heavy atom. The van der Waals surface area contributed by atoms with Gasteiger partial charge in [-0.1, -0.05) is 20.8 Å². The number of nitrogens with one attached hydrogen (secondary N) is 2. The molecule has 2 N–H and O–H groups in total. The molecule has 0 aromatic rings. The topological polar surface area (TPSA) is 58.2 Å². The van der Waals surface area contributed by atoms with Crippen LogP contribution in [-0.4, -0.2) is 96.0 Å². The zero-order chi connectivity index (χ0) is 44.0. The first kappa shape index (κ1) is 49.1. The summed E-state index contributed by atoms with van der Waals surface area (Å²) in [6.45, 7) is 0.866. The predicted molar refractivity (Wildman–Crippen MR) is 122 cm³/mol. The Hall–Kier alpha value is -2.88. The molecule has 1 fully saturated rings. The number of carbonyl (C=O) groups is 2. The van der Waals surface area contributed by atoms with Gasteiger partial charge in [0.05, 0.1) is 0 Å². The van der Waals surface area contributed by atoms with Crippen molar-refractivity contribution in [3.63, 3.8) is 0 Å². The highest BCUT2D eigenvalue weighted by molar-refractivity contribution is 5.85. The molecular weight excluding hydrogens is 842 g/mol. The largest absolute Gasteiger partial charge is 0.460 e. The number of halogens is 26. The van der Waals surface area contributed by atoms with E-state index >= 15 is 0 Å². The highest BCUT2D eigenvalue weighted by Gasteiger charge is 2.93. The van der Waals surface area contributed by atoms with Crippen LogP contribution in [0.15, 0.2) is 0 Å². The molecule has 1 aliphatic rings. The smallest absolute Gasteiger partial charge is 0.350 e. The number of hydrogen-bond donors (Lipinski definition) is 2. The molecule has 1 aliphatic carbocycles. The van der Waals surface area contributed by atoms with Gasteiger partial charge in [-0.25, -0.2) is 0 Å². The monoisotopic (exact) mass is 862 g/mol. The molecular formula is C24H20F26N2O2. The number of rotatable bonds is 13. The lowest BCUT2D eigenvalue weighted by atomic mass is 9.62. The molecule has 0 aliphatic heterocycles. The summed E-state index contributed by atoms with van der Waals surface area (Å²) in [6, 6.07) is -2.29. The molecule has 1 rings (SSSR count). The van der Waals surface area contributed by atoms with Gasteiger partial charge in [-0.2, -0.15) is 114 Å². The summed E-state index contributed by atoms with van der Waals surface area (Å²) in [7, 11) is 0. The molecule has 2 amide bonds. The second-order valence-corrected chi connectivity index (χ2v) is 13.2. The van der Waals surface area contributed by atoms with Crippen LogP contribution >= 0.6 is 0 Å². The van der Waals surface area contributed by atoms with Crippen LogP contribution < -0.4 is 10.6 Å². The Balaban J connectivity index is 3.42. The van der Waals surface area contributed by atoms with Crippen LogP contribution in [0.2, 0.25) is 0 Å². The molecule has 2 atom stereocenters.